The first-order chi connectivity index (χ1) is 10.0. The van der Waals surface area contributed by atoms with Crippen LogP contribution in [0.25, 0.3) is 0 Å². The number of carbonyl (C=O) groups is 2. The van der Waals surface area contributed by atoms with Gasteiger partial charge in [-0.15, -0.1) is 0 Å². The van der Waals surface area contributed by atoms with Gasteiger partial charge in [0.15, 0.2) is 4.67 Å². The zero-order valence-electron chi connectivity index (χ0n) is 10.9. The van der Waals surface area contributed by atoms with Gasteiger partial charge in [0.2, 0.25) is 11.8 Å². The second kappa shape index (κ2) is 5.34. The number of carbonyl (C=O) groups excluding carboxylic acids is 2. The maximum atomic E-state index is 11.6. The number of nitrogens with two attached hydrogens (primary N) is 1. The summed E-state index contributed by atoms with van der Waals surface area (Å²) in [7, 11) is 0. The predicted molar refractivity (Wildman–Crippen MR) is 80.8 cm³/mol. The Morgan fingerprint density at radius 1 is 1.10 bits per heavy atom. The van der Waals surface area contributed by atoms with E-state index in [1.807, 2.05) is 0 Å². The van der Waals surface area contributed by atoms with Gasteiger partial charge in [0.1, 0.15) is 12.2 Å². The van der Waals surface area contributed by atoms with Crippen molar-refractivity contribution in [2.24, 2.45) is 5.73 Å². The summed E-state index contributed by atoms with van der Waals surface area (Å²) in [5, 5.41) is 5.36. The van der Waals surface area contributed by atoms with Crippen molar-refractivity contribution < 1.29 is 14.0 Å². The van der Waals surface area contributed by atoms with E-state index < -0.39 is 6.04 Å². The van der Waals surface area contributed by atoms with Gasteiger partial charge in [0, 0.05) is 0 Å². The normalized spacial score (nSPS) is 15.7. The second-order valence-corrected chi connectivity index (χ2v) is 5.48. The summed E-state index contributed by atoms with van der Waals surface area (Å²) in [6, 6.07) is 8.32. The molecule has 2 heterocycles. The van der Waals surface area contributed by atoms with Crippen molar-refractivity contribution in [1.29, 1.82) is 0 Å². The van der Waals surface area contributed by atoms with Crippen LogP contribution >= 0.6 is 15.9 Å². The number of fused-ring (bicyclic) bond motifs is 1. The average molecular weight is 350 g/mol. The monoisotopic (exact) mass is 349 g/mol. The summed E-state index contributed by atoms with van der Waals surface area (Å²) < 4.78 is 6.04. The minimum atomic E-state index is -0.461. The molecule has 21 heavy (non-hydrogen) atoms. The lowest BCUT2D eigenvalue weighted by atomic mass is 10.0. The molecule has 0 saturated heterocycles. The fraction of sp³-hybridized carbons (Fsp3) is 0.143. The minimum absolute atomic E-state index is 0.193. The van der Waals surface area contributed by atoms with Crippen LogP contribution in [-0.4, -0.2) is 11.8 Å². The van der Waals surface area contributed by atoms with Gasteiger partial charge in [-0.05, 0) is 45.8 Å². The first-order valence-corrected chi connectivity index (χ1v) is 7.06. The van der Waals surface area contributed by atoms with Crippen molar-refractivity contribution in [2.45, 2.75) is 12.5 Å². The number of amides is 2. The van der Waals surface area contributed by atoms with Gasteiger partial charge in [-0.25, -0.2) is 0 Å². The van der Waals surface area contributed by atoms with Crippen molar-refractivity contribution in [2.75, 3.05) is 10.6 Å². The number of hydrogen-bond acceptors (Lipinski definition) is 4. The third-order valence-electron chi connectivity index (χ3n) is 3.17. The van der Waals surface area contributed by atoms with Crippen molar-refractivity contribution in [3.05, 3.63) is 46.3 Å². The largest absolute Gasteiger partial charge is 0.452 e. The number of furan rings is 1. The van der Waals surface area contributed by atoms with E-state index in [1.165, 1.54) is 0 Å². The van der Waals surface area contributed by atoms with E-state index in [-0.39, 0.29) is 18.2 Å². The summed E-state index contributed by atoms with van der Waals surface area (Å²) in [5.41, 5.74) is 8.01. The quantitative estimate of drug-likeness (QED) is 0.725. The van der Waals surface area contributed by atoms with Crippen LogP contribution in [0.1, 0.15) is 23.8 Å². The minimum Gasteiger partial charge on any atom is -0.452 e. The van der Waals surface area contributed by atoms with E-state index in [2.05, 4.69) is 26.6 Å². The van der Waals surface area contributed by atoms with Gasteiger partial charge in [-0.1, -0.05) is 6.07 Å². The maximum Gasteiger partial charge on any atom is 0.233 e. The third-order valence-corrected chi connectivity index (χ3v) is 3.60. The highest BCUT2D eigenvalue weighted by atomic mass is 79.9. The Kier molecular flexibility index (Phi) is 3.52. The Hall–Kier alpha value is -2.12. The molecule has 6 nitrogen and oxygen atoms in total. The Morgan fingerprint density at radius 2 is 1.81 bits per heavy atom. The SMILES string of the molecule is NC(c1ccc2c(c1)NC(=O)CC(=O)N2)c1ccc(Br)o1. The second-order valence-electron chi connectivity index (χ2n) is 4.70. The van der Waals surface area contributed by atoms with E-state index in [0.717, 1.165) is 5.56 Å². The van der Waals surface area contributed by atoms with Crippen LogP contribution in [0.2, 0.25) is 0 Å². The smallest absolute Gasteiger partial charge is 0.233 e. The molecule has 3 rings (SSSR count). The zero-order valence-corrected chi connectivity index (χ0v) is 12.4. The molecule has 1 unspecified atom stereocenters. The van der Waals surface area contributed by atoms with Crippen molar-refractivity contribution >= 4 is 39.1 Å². The highest BCUT2D eigenvalue weighted by Crippen LogP contribution is 2.31. The number of anilines is 2. The van der Waals surface area contributed by atoms with E-state index in [0.29, 0.717) is 21.8 Å². The van der Waals surface area contributed by atoms with E-state index in [1.54, 1.807) is 30.3 Å². The Balaban J connectivity index is 1.95. The van der Waals surface area contributed by atoms with Crippen molar-refractivity contribution in [3.63, 3.8) is 0 Å². The number of nitrogens with one attached hydrogen (secondary N) is 2. The standard InChI is InChI=1S/C14H12BrN3O3/c15-11-4-3-10(21-11)14(16)7-1-2-8-9(5-7)18-13(20)6-12(19)17-8/h1-5,14H,6,16H2,(H,17,19)(H,18,20). The van der Waals surface area contributed by atoms with Gasteiger partial charge in [-0.2, -0.15) is 0 Å². The zero-order chi connectivity index (χ0) is 15.0. The molecular weight excluding hydrogens is 338 g/mol. The fourth-order valence-electron chi connectivity index (χ4n) is 2.16. The molecule has 0 saturated carbocycles. The lowest BCUT2D eigenvalue weighted by Gasteiger charge is -2.13. The van der Waals surface area contributed by atoms with Crippen LogP contribution in [0.5, 0.6) is 0 Å². The lowest BCUT2D eigenvalue weighted by Crippen LogP contribution is -2.16. The van der Waals surface area contributed by atoms with Crippen LogP contribution in [-0.2, 0) is 9.59 Å². The number of benzene rings is 1. The summed E-state index contributed by atoms with van der Waals surface area (Å²) in [6.45, 7) is 0. The van der Waals surface area contributed by atoms with Gasteiger partial charge in [0.25, 0.3) is 0 Å². The molecule has 108 valence electrons. The van der Waals surface area contributed by atoms with Gasteiger partial charge in [0.05, 0.1) is 17.4 Å². The lowest BCUT2D eigenvalue weighted by molar-refractivity contribution is -0.123. The summed E-state index contributed by atoms with van der Waals surface area (Å²) in [6.07, 6.45) is -0.193. The maximum absolute atomic E-state index is 11.6. The molecule has 1 atom stereocenters. The van der Waals surface area contributed by atoms with Crippen LogP contribution in [0.4, 0.5) is 11.4 Å². The van der Waals surface area contributed by atoms with Crippen LogP contribution in [0, 0.1) is 0 Å². The topological polar surface area (TPSA) is 97.4 Å². The van der Waals surface area contributed by atoms with E-state index in [9.17, 15) is 9.59 Å². The Bertz CT molecular complexity index is 726. The van der Waals surface area contributed by atoms with E-state index >= 15 is 0 Å². The number of halogens is 1. The van der Waals surface area contributed by atoms with Gasteiger partial charge in [-0.3, -0.25) is 9.59 Å². The van der Waals surface area contributed by atoms with Crippen LogP contribution in [0.3, 0.4) is 0 Å². The first-order valence-electron chi connectivity index (χ1n) is 6.27. The first kappa shape index (κ1) is 13.8. The molecule has 1 aromatic heterocycles. The molecule has 0 fully saturated rings. The third kappa shape index (κ3) is 2.84. The molecule has 0 aliphatic carbocycles. The Labute approximate surface area is 128 Å². The summed E-state index contributed by atoms with van der Waals surface area (Å²) in [4.78, 5) is 23.1. The average Bonchev–Trinajstić information content (AvgIpc) is 2.79. The van der Waals surface area contributed by atoms with Crippen molar-refractivity contribution in [1.82, 2.24) is 0 Å². The molecule has 2 aromatic rings. The number of rotatable bonds is 2. The molecule has 1 aromatic carbocycles. The van der Waals surface area contributed by atoms with Crippen LogP contribution in [0.15, 0.2) is 39.4 Å². The molecule has 7 heteroatoms. The highest BCUT2D eigenvalue weighted by molar-refractivity contribution is 9.10. The molecule has 1 aliphatic heterocycles. The predicted octanol–water partition coefficient (Wildman–Crippen LogP) is 2.37. The Morgan fingerprint density at radius 3 is 2.48 bits per heavy atom. The van der Waals surface area contributed by atoms with Gasteiger partial charge < -0.3 is 20.8 Å². The molecule has 0 spiro atoms. The summed E-state index contributed by atoms with van der Waals surface area (Å²) >= 11 is 3.23. The molecule has 0 radical (unpaired) electrons. The van der Waals surface area contributed by atoms with Gasteiger partial charge >= 0.3 is 0 Å². The van der Waals surface area contributed by atoms with Crippen molar-refractivity contribution in [3.8, 4) is 0 Å². The molecule has 2 amide bonds. The molecule has 4 N–H and O–H groups in total. The highest BCUT2D eigenvalue weighted by Gasteiger charge is 2.20. The molecule has 1 aliphatic rings. The fourth-order valence-corrected chi connectivity index (χ4v) is 2.48. The molecular formula is C14H12BrN3O3. The van der Waals surface area contributed by atoms with E-state index in [4.69, 9.17) is 10.2 Å². The van der Waals surface area contributed by atoms with Crippen LogP contribution < -0.4 is 16.4 Å². The number of hydrogen-bond donors (Lipinski definition) is 3. The molecule has 0 bridgehead atoms. The summed E-state index contributed by atoms with van der Waals surface area (Å²) in [5.74, 6) is -0.0817.